The topological polar surface area (TPSA) is 57.4 Å². The zero-order valence-corrected chi connectivity index (χ0v) is 11.6. The van der Waals surface area contributed by atoms with Crippen LogP contribution in [0.15, 0.2) is 4.52 Å². The lowest BCUT2D eigenvalue weighted by Gasteiger charge is -2.31. The van der Waals surface area contributed by atoms with Crippen LogP contribution in [0.3, 0.4) is 0 Å². The van der Waals surface area contributed by atoms with E-state index in [-0.39, 0.29) is 0 Å². The number of rotatable bonds is 4. The molecule has 2 saturated heterocycles. The van der Waals surface area contributed by atoms with Gasteiger partial charge in [-0.1, -0.05) is 5.16 Å². The second kappa shape index (κ2) is 5.98. The smallest absolute Gasteiger partial charge is 0.227 e. The Bertz CT molecular complexity index is 393. The minimum atomic E-state index is 0.445. The van der Waals surface area contributed by atoms with E-state index < -0.39 is 0 Å². The third-order valence-corrected chi connectivity index (χ3v) is 4.15. The van der Waals surface area contributed by atoms with Crippen molar-refractivity contribution in [3.63, 3.8) is 0 Å². The van der Waals surface area contributed by atoms with Crippen molar-refractivity contribution in [2.24, 2.45) is 0 Å². The van der Waals surface area contributed by atoms with Crippen LogP contribution >= 0.6 is 0 Å². The van der Waals surface area contributed by atoms with Gasteiger partial charge >= 0.3 is 0 Å². The summed E-state index contributed by atoms with van der Waals surface area (Å²) in [5.41, 5.74) is 0. The van der Waals surface area contributed by atoms with Crippen LogP contribution in [0.4, 0.5) is 0 Å². The summed E-state index contributed by atoms with van der Waals surface area (Å²) in [5, 5.41) is 7.45. The number of nitrogens with one attached hydrogen (secondary N) is 1. The van der Waals surface area contributed by atoms with Crippen LogP contribution in [0.1, 0.15) is 24.1 Å². The molecule has 106 valence electrons. The Morgan fingerprint density at radius 1 is 1.32 bits per heavy atom. The molecular formula is C13H23N5O. The number of hydrogen-bond acceptors (Lipinski definition) is 6. The van der Waals surface area contributed by atoms with Crippen LogP contribution in [0.2, 0.25) is 0 Å². The summed E-state index contributed by atoms with van der Waals surface area (Å²) in [4.78, 5) is 9.38. The third kappa shape index (κ3) is 3.32. The van der Waals surface area contributed by atoms with Crippen LogP contribution in [0.25, 0.3) is 0 Å². The predicted molar refractivity (Wildman–Crippen MR) is 72.2 cm³/mol. The molecule has 0 aromatic carbocycles. The first-order chi connectivity index (χ1) is 9.31. The first-order valence-corrected chi connectivity index (χ1v) is 7.25. The molecular weight excluding hydrogens is 242 g/mol. The molecule has 0 bridgehead atoms. The standard InChI is InChI=1S/C13H23N5O/c1-17-6-8-18(9-7-17)5-3-12-15-13(16-19-12)11-2-4-14-10-11/h11,14H,2-10H2,1H3. The van der Waals surface area contributed by atoms with Gasteiger partial charge in [-0.2, -0.15) is 4.98 Å². The Morgan fingerprint density at radius 3 is 2.89 bits per heavy atom. The van der Waals surface area contributed by atoms with Gasteiger partial charge in [-0.15, -0.1) is 0 Å². The van der Waals surface area contributed by atoms with Crippen LogP contribution in [0, 0.1) is 0 Å². The van der Waals surface area contributed by atoms with Crippen molar-refractivity contribution >= 4 is 0 Å². The van der Waals surface area contributed by atoms with Gasteiger partial charge in [-0.05, 0) is 20.0 Å². The van der Waals surface area contributed by atoms with Crippen LogP contribution in [0.5, 0.6) is 0 Å². The molecule has 1 aromatic heterocycles. The highest BCUT2D eigenvalue weighted by molar-refractivity contribution is 4.99. The Kier molecular flexibility index (Phi) is 4.10. The Hall–Kier alpha value is -0.980. The molecule has 3 heterocycles. The van der Waals surface area contributed by atoms with Crippen molar-refractivity contribution in [1.82, 2.24) is 25.3 Å². The van der Waals surface area contributed by atoms with Crippen molar-refractivity contribution in [2.45, 2.75) is 18.8 Å². The van der Waals surface area contributed by atoms with E-state index in [1.54, 1.807) is 0 Å². The average Bonchev–Trinajstić information content (AvgIpc) is 3.09. The highest BCUT2D eigenvalue weighted by Crippen LogP contribution is 2.19. The maximum Gasteiger partial charge on any atom is 0.227 e. The first-order valence-electron chi connectivity index (χ1n) is 7.25. The number of likely N-dealkylation sites (N-methyl/N-ethyl adjacent to an activating group) is 1. The summed E-state index contributed by atoms with van der Waals surface area (Å²) in [7, 11) is 2.18. The summed E-state index contributed by atoms with van der Waals surface area (Å²) < 4.78 is 5.36. The molecule has 0 spiro atoms. The molecule has 0 saturated carbocycles. The molecule has 0 amide bonds. The van der Waals surface area contributed by atoms with E-state index >= 15 is 0 Å². The zero-order chi connectivity index (χ0) is 13.1. The maximum absolute atomic E-state index is 5.36. The van der Waals surface area contributed by atoms with Gasteiger partial charge in [0.1, 0.15) is 0 Å². The van der Waals surface area contributed by atoms with E-state index in [0.717, 1.165) is 70.4 Å². The van der Waals surface area contributed by atoms with Crippen molar-refractivity contribution in [1.29, 1.82) is 0 Å². The predicted octanol–water partition coefficient (Wildman–Crippen LogP) is -0.0636. The average molecular weight is 265 g/mol. The molecule has 0 radical (unpaired) electrons. The second-order valence-electron chi connectivity index (χ2n) is 5.63. The lowest BCUT2D eigenvalue weighted by Crippen LogP contribution is -2.45. The van der Waals surface area contributed by atoms with E-state index in [1.165, 1.54) is 0 Å². The minimum absolute atomic E-state index is 0.445. The van der Waals surface area contributed by atoms with E-state index in [4.69, 9.17) is 4.52 Å². The fourth-order valence-electron chi connectivity index (χ4n) is 2.74. The zero-order valence-electron chi connectivity index (χ0n) is 11.6. The molecule has 19 heavy (non-hydrogen) atoms. The minimum Gasteiger partial charge on any atom is -0.339 e. The molecule has 1 aromatic rings. The highest BCUT2D eigenvalue weighted by Gasteiger charge is 2.22. The van der Waals surface area contributed by atoms with Crippen molar-refractivity contribution in [3.05, 3.63) is 11.7 Å². The largest absolute Gasteiger partial charge is 0.339 e. The van der Waals surface area contributed by atoms with Gasteiger partial charge < -0.3 is 19.6 Å². The van der Waals surface area contributed by atoms with E-state index in [0.29, 0.717) is 5.92 Å². The van der Waals surface area contributed by atoms with Crippen LogP contribution in [-0.4, -0.2) is 72.8 Å². The quantitative estimate of drug-likeness (QED) is 0.823. The summed E-state index contributed by atoms with van der Waals surface area (Å²) in [5.74, 6) is 2.13. The molecule has 2 fully saturated rings. The van der Waals surface area contributed by atoms with Crippen LogP contribution < -0.4 is 5.32 Å². The molecule has 0 aliphatic carbocycles. The normalized spacial score (nSPS) is 26.1. The maximum atomic E-state index is 5.36. The Morgan fingerprint density at radius 2 is 2.16 bits per heavy atom. The number of piperazine rings is 1. The van der Waals surface area contributed by atoms with Gasteiger partial charge in [0.15, 0.2) is 5.82 Å². The van der Waals surface area contributed by atoms with Gasteiger partial charge in [0, 0.05) is 51.6 Å². The molecule has 6 nitrogen and oxygen atoms in total. The summed E-state index contributed by atoms with van der Waals surface area (Å²) >= 11 is 0. The lowest BCUT2D eigenvalue weighted by atomic mass is 10.1. The summed E-state index contributed by atoms with van der Waals surface area (Å²) in [6.07, 6.45) is 1.99. The van der Waals surface area contributed by atoms with E-state index in [9.17, 15) is 0 Å². The molecule has 1 atom stereocenters. The highest BCUT2D eigenvalue weighted by atomic mass is 16.5. The van der Waals surface area contributed by atoms with Gasteiger partial charge in [0.25, 0.3) is 0 Å². The first kappa shape index (κ1) is 13.0. The van der Waals surface area contributed by atoms with Gasteiger partial charge in [0.05, 0.1) is 0 Å². The van der Waals surface area contributed by atoms with E-state index in [1.807, 2.05) is 0 Å². The SMILES string of the molecule is CN1CCN(CCc2nc(C3CCNC3)no2)CC1. The lowest BCUT2D eigenvalue weighted by molar-refractivity contribution is 0.152. The van der Waals surface area contributed by atoms with Crippen molar-refractivity contribution in [3.8, 4) is 0 Å². The van der Waals surface area contributed by atoms with Gasteiger partial charge in [0.2, 0.25) is 5.89 Å². The molecule has 3 rings (SSSR count). The Balaban J connectivity index is 1.47. The monoisotopic (exact) mass is 265 g/mol. The Labute approximate surface area is 114 Å². The summed E-state index contributed by atoms with van der Waals surface area (Å²) in [6, 6.07) is 0. The van der Waals surface area contributed by atoms with Crippen molar-refractivity contribution < 1.29 is 4.52 Å². The molecule has 6 heteroatoms. The second-order valence-corrected chi connectivity index (χ2v) is 5.63. The molecule has 1 unspecified atom stereocenters. The van der Waals surface area contributed by atoms with Crippen molar-refractivity contribution in [2.75, 3.05) is 52.9 Å². The molecule has 1 N–H and O–H groups in total. The molecule has 2 aliphatic rings. The van der Waals surface area contributed by atoms with E-state index in [2.05, 4.69) is 32.3 Å². The fraction of sp³-hybridized carbons (Fsp3) is 0.846. The summed E-state index contributed by atoms with van der Waals surface area (Å²) in [6.45, 7) is 7.67. The molecule has 2 aliphatic heterocycles. The van der Waals surface area contributed by atoms with Crippen LogP contribution in [-0.2, 0) is 6.42 Å². The fourth-order valence-corrected chi connectivity index (χ4v) is 2.74. The number of aromatic nitrogens is 2. The third-order valence-electron chi connectivity index (χ3n) is 4.15. The van der Waals surface area contributed by atoms with Gasteiger partial charge in [-0.3, -0.25) is 0 Å². The van der Waals surface area contributed by atoms with Gasteiger partial charge in [-0.25, -0.2) is 0 Å². The number of nitrogens with zero attached hydrogens (tertiary/aromatic N) is 4. The number of hydrogen-bond donors (Lipinski definition) is 1.